The molecule has 0 bridgehead atoms. The maximum absolute atomic E-state index is 15.8. The minimum Gasteiger partial charge on any atom is -0.372 e. The van der Waals surface area contributed by atoms with Crippen LogP contribution in [-0.2, 0) is 21.4 Å². The number of halogens is 1. The molecule has 4 aliphatic rings. The number of nitrogens with one attached hydrogen (secondary N) is 1. The van der Waals surface area contributed by atoms with E-state index in [9.17, 15) is 9.59 Å². The summed E-state index contributed by atoms with van der Waals surface area (Å²) >= 11 is 0. The van der Waals surface area contributed by atoms with Crippen LogP contribution in [0.1, 0.15) is 37.8 Å². The van der Waals surface area contributed by atoms with Gasteiger partial charge in [0.2, 0.25) is 11.9 Å². The predicted molar refractivity (Wildman–Crippen MR) is 141 cm³/mol. The lowest BCUT2D eigenvalue weighted by molar-refractivity contribution is -0.121. The highest BCUT2D eigenvalue weighted by Gasteiger charge is 2.51. The number of likely N-dealkylation sites (N-methyl/N-ethyl adjacent to an activating group) is 1. The van der Waals surface area contributed by atoms with E-state index in [1.807, 2.05) is 36.8 Å². The Bertz CT molecular complexity index is 1350. The number of carbonyl (C=O) groups excluding carboxylic acids is 1. The molecular weight excluding hydrogens is 475 g/mol. The summed E-state index contributed by atoms with van der Waals surface area (Å²) in [5.41, 5.74) is 1.27. The topological polar surface area (TPSA) is 85.0 Å². The van der Waals surface area contributed by atoms with E-state index in [0.29, 0.717) is 61.1 Å². The number of morpholine rings is 1. The van der Waals surface area contributed by atoms with Crippen LogP contribution in [0.25, 0.3) is 0 Å². The molecule has 10 heteroatoms. The van der Waals surface area contributed by atoms with Gasteiger partial charge < -0.3 is 24.3 Å². The van der Waals surface area contributed by atoms with Crippen molar-refractivity contribution in [3.63, 3.8) is 0 Å². The summed E-state index contributed by atoms with van der Waals surface area (Å²) in [5, 5.41) is 0. The van der Waals surface area contributed by atoms with Crippen molar-refractivity contribution in [2.75, 3.05) is 59.9 Å². The molecule has 3 atom stereocenters. The van der Waals surface area contributed by atoms with Gasteiger partial charge in [0, 0.05) is 57.7 Å². The van der Waals surface area contributed by atoms with Crippen molar-refractivity contribution in [3.8, 4) is 0 Å². The zero-order valence-corrected chi connectivity index (χ0v) is 21.8. The van der Waals surface area contributed by atoms with E-state index >= 15 is 4.39 Å². The van der Waals surface area contributed by atoms with Gasteiger partial charge in [0.1, 0.15) is 17.1 Å². The molecule has 0 unspecified atom stereocenters. The molecule has 4 aliphatic heterocycles. The fourth-order valence-corrected chi connectivity index (χ4v) is 6.36. The third-order valence-corrected chi connectivity index (χ3v) is 8.15. The molecule has 0 saturated carbocycles. The van der Waals surface area contributed by atoms with Crippen LogP contribution in [0.2, 0.25) is 0 Å². The molecule has 1 N–H and O–H groups in total. The number of nitrogens with zero attached hydrogens (tertiary/aromatic N) is 5. The first-order valence-electron chi connectivity index (χ1n) is 13.0. The Morgan fingerprint density at radius 2 is 1.89 bits per heavy atom. The number of fused-ring (bicyclic) bond motifs is 3. The number of benzene rings is 1. The summed E-state index contributed by atoms with van der Waals surface area (Å²) in [6.07, 6.45) is 5.62. The molecule has 1 aromatic carbocycles. The highest BCUT2D eigenvalue weighted by Crippen LogP contribution is 2.49. The Kier molecular flexibility index (Phi) is 5.56. The number of ether oxygens (including phenoxy) is 1. The van der Waals surface area contributed by atoms with E-state index in [1.165, 1.54) is 0 Å². The number of hydrogen-bond donors (Lipinski definition) is 1. The van der Waals surface area contributed by atoms with Gasteiger partial charge >= 0.3 is 0 Å². The van der Waals surface area contributed by atoms with Gasteiger partial charge in [-0.25, -0.2) is 4.39 Å². The average molecular weight is 509 g/mol. The molecule has 0 radical (unpaired) electrons. The molecule has 1 aromatic heterocycles. The van der Waals surface area contributed by atoms with Gasteiger partial charge in [0.15, 0.2) is 0 Å². The Hall–Kier alpha value is -3.40. The second-order valence-corrected chi connectivity index (χ2v) is 10.8. The SMILES string of the molecule is C[C@@H]1CN(c2cc(F)c3c(c2)N(C)C(=O)[C@]32C=CN(c3nc4c(c(=O)[nH]3)CCCN4C)CC2)C[C@H](C)O1. The standard InChI is InChI=1S/C27H33FN6O3/c1-16-14-34(15-17(2)37-16)18-12-20(28)22-21(13-18)32(4)25(36)27(22)7-10-33(11-8-27)26-29-23-19(24(35)30-26)6-5-9-31(23)3/h7,10,12-13,16-17H,5-6,8-9,11,14-15H2,1-4H3,(H,29,30,35)/t16-,17+,27-/m0/s1. The molecule has 0 aliphatic carbocycles. The molecule has 37 heavy (non-hydrogen) atoms. The van der Waals surface area contributed by atoms with Crippen molar-refractivity contribution in [1.82, 2.24) is 9.97 Å². The van der Waals surface area contributed by atoms with E-state index in [0.717, 1.165) is 18.7 Å². The van der Waals surface area contributed by atoms with E-state index < -0.39 is 5.41 Å². The van der Waals surface area contributed by atoms with Gasteiger partial charge in [0.05, 0.1) is 23.5 Å². The van der Waals surface area contributed by atoms with Crippen LogP contribution in [0.15, 0.2) is 29.2 Å². The third-order valence-electron chi connectivity index (χ3n) is 8.15. The number of aromatic nitrogens is 2. The predicted octanol–water partition coefficient (Wildman–Crippen LogP) is 2.54. The Morgan fingerprint density at radius 3 is 2.59 bits per heavy atom. The van der Waals surface area contributed by atoms with Crippen LogP contribution in [0.4, 0.5) is 27.5 Å². The molecular formula is C27H33FN6O3. The van der Waals surface area contributed by atoms with Crippen LogP contribution in [0.5, 0.6) is 0 Å². The average Bonchev–Trinajstić information content (AvgIpc) is 3.06. The van der Waals surface area contributed by atoms with Crippen molar-refractivity contribution in [1.29, 1.82) is 0 Å². The van der Waals surface area contributed by atoms with Crippen molar-refractivity contribution >= 4 is 29.0 Å². The van der Waals surface area contributed by atoms with Gasteiger partial charge in [-0.3, -0.25) is 14.6 Å². The number of carbonyl (C=O) groups is 1. The molecule has 1 spiro atoms. The van der Waals surface area contributed by atoms with Crippen LogP contribution >= 0.6 is 0 Å². The molecule has 9 nitrogen and oxygen atoms in total. The van der Waals surface area contributed by atoms with Gasteiger partial charge in [-0.05, 0) is 51.3 Å². The van der Waals surface area contributed by atoms with Crippen molar-refractivity contribution in [2.24, 2.45) is 0 Å². The van der Waals surface area contributed by atoms with Crippen molar-refractivity contribution < 1.29 is 13.9 Å². The van der Waals surface area contributed by atoms with Crippen molar-refractivity contribution in [3.05, 3.63) is 51.7 Å². The van der Waals surface area contributed by atoms with E-state index in [1.54, 1.807) is 30.3 Å². The first kappa shape index (κ1) is 24.0. The summed E-state index contributed by atoms with van der Waals surface area (Å²) in [7, 11) is 3.65. The second kappa shape index (κ2) is 8.58. The summed E-state index contributed by atoms with van der Waals surface area (Å²) in [6.45, 7) is 6.63. The highest BCUT2D eigenvalue weighted by molar-refractivity contribution is 6.10. The summed E-state index contributed by atoms with van der Waals surface area (Å²) < 4.78 is 21.7. The zero-order valence-electron chi connectivity index (χ0n) is 21.8. The minimum atomic E-state index is -1.08. The Balaban J connectivity index is 1.34. The molecule has 6 rings (SSSR count). The fraction of sp³-hybridized carbons (Fsp3) is 0.519. The molecule has 1 amide bonds. The van der Waals surface area contributed by atoms with Crippen LogP contribution < -0.4 is 25.2 Å². The van der Waals surface area contributed by atoms with Crippen molar-refractivity contribution in [2.45, 2.75) is 50.7 Å². The molecule has 2 aromatic rings. The van der Waals surface area contributed by atoms with Gasteiger partial charge in [-0.2, -0.15) is 4.98 Å². The largest absolute Gasteiger partial charge is 0.372 e. The Morgan fingerprint density at radius 1 is 1.14 bits per heavy atom. The summed E-state index contributed by atoms with van der Waals surface area (Å²) in [5.74, 6) is 0.613. The number of anilines is 4. The maximum Gasteiger partial charge on any atom is 0.257 e. The van der Waals surface area contributed by atoms with Gasteiger partial charge in [-0.15, -0.1) is 0 Å². The minimum absolute atomic E-state index is 0.0430. The normalized spacial score (nSPS) is 27.2. The number of amides is 1. The molecule has 1 fully saturated rings. The van der Waals surface area contributed by atoms with Gasteiger partial charge in [0.25, 0.3) is 5.56 Å². The van der Waals surface area contributed by atoms with Gasteiger partial charge in [-0.1, -0.05) is 0 Å². The highest BCUT2D eigenvalue weighted by atomic mass is 19.1. The van der Waals surface area contributed by atoms with Crippen LogP contribution in [-0.4, -0.2) is 68.4 Å². The summed E-state index contributed by atoms with van der Waals surface area (Å²) in [4.78, 5) is 41.5. The maximum atomic E-state index is 15.8. The quantitative estimate of drug-likeness (QED) is 0.668. The monoisotopic (exact) mass is 508 g/mol. The number of rotatable bonds is 2. The smallest absolute Gasteiger partial charge is 0.257 e. The lowest BCUT2D eigenvalue weighted by Gasteiger charge is -2.37. The van der Waals surface area contributed by atoms with E-state index in [-0.39, 0.29) is 29.5 Å². The summed E-state index contributed by atoms with van der Waals surface area (Å²) in [6, 6.07) is 3.48. The molecule has 1 saturated heterocycles. The second-order valence-electron chi connectivity index (χ2n) is 10.8. The first-order valence-corrected chi connectivity index (χ1v) is 13.0. The van der Waals surface area contributed by atoms with Crippen LogP contribution in [0.3, 0.4) is 0 Å². The fourth-order valence-electron chi connectivity index (χ4n) is 6.36. The lowest BCUT2D eigenvalue weighted by atomic mass is 9.76. The number of aromatic amines is 1. The lowest BCUT2D eigenvalue weighted by Crippen LogP contribution is -2.45. The molecule has 5 heterocycles. The van der Waals surface area contributed by atoms with Crippen LogP contribution in [0, 0.1) is 5.82 Å². The first-order chi connectivity index (χ1) is 17.7. The third kappa shape index (κ3) is 3.72. The van der Waals surface area contributed by atoms with E-state index in [4.69, 9.17) is 9.72 Å². The number of hydrogen-bond acceptors (Lipinski definition) is 7. The zero-order chi connectivity index (χ0) is 26.1. The Labute approximate surface area is 215 Å². The molecule has 196 valence electrons. The number of H-pyrrole nitrogens is 1. The van der Waals surface area contributed by atoms with E-state index in [2.05, 4.69) is 9.88 Å².